The number of carbonyl (C=O) groups is 2. The average molecular weight is 417 g/mol. The fourth-order valence-corrected chi connectivity index (χ4v) is 3.79. The number of nitrogens with zero attached hydrogens (tertiary/aromatic N) is 2. The molecule has 0 bridgehead atoms. The quantitative estimate of drug-likeness (QED) is 0.719. The van der Waals surface area contributed by atoms with Crippen LogP contribution >= 0.6 is 0 Å². The lowest BCUT2D eigenvalue weighted by Crippen LogP contribution is -2.25. The summed E-state index contributed by atoms with van der Waals surface area (Å²) in [6, 6.07) is 3.88. The van der Waals surface area contributed by atoms with Gasteiger partial charge in [-0.05, 0) is 37.0 Å². The molecular formula is C21H27N3O6. The van der Waals surface area contributed by atoms with E-state index in [2.05, 4.69) is 19.2 Å². The fourth-order valence-electron chi connectivity index (χ4n) is 3.79. The Morgan fingerprint density at radius 1 is 1.40 bits per heavy atom. The molecule has 9 nitrogen and oxygen atoms in total. The Bertz CT molecular complexity index is 937. The number of hydrogen-bond acceptors (Lipinski definition) is 6. The molecule has 0 spiro atoms. The van der Waals surface area contributed by atoms with Crippen LogP contribution < -0.4 is 19.5 Å². The zero-order chi connectivity index (χ0) is 21.8. The molecular weight excluding hydrogens is 390 g/mol. The van der Waals surface area contributed by atoms with Crippen molar-refractivity contribution in [1.82, 2.24) is 9.78 Å². The van der Waals surface area contributed by atoms with E-state index in [9.17, 15) is 4.79 Å². The normalized spacial score (nSPS) is 16.4. The van der Waals surface area contributed by atoms with E-state index in [0.29, 0.717) is 29.6 Å². The highest BCUT2D eigenvalue weighted by Gasteiger charge is 2.34. The first-order valence-electron chi connectivity index (χ1n) is 9.82. The van der Waals surface area contributed by atoms with E-state index in [0.717, 1.165) is 35.6 Å². The number of anilines is 1. The molecule has 2 aromatic rings. The first-order chi connectivity index (χ1) is 14.4. The minimum atomic E-state index is -0.250. The molecule has 0 aliphatic carbocycles. The summed E-state index contributed by atoms with van der Waals surface area (Å²) in [7, 11) is 1.61. The van der Waals surface area contributed by atoms with Crippen LogP contribution in [0.25, 0.3) is 0 Å². The number of nitrogens with one attached hydrogen (secondary N) is 1. The van der Waals surface area contributed by atoms with Crippen molar-refractivity contribution in [3.05, 3.63) is 29.0 Å². The Morgan fingerprint density at radius 3 is 2.80 bits per heavy atom. The summed E-state index contributed by atoms with van der Waals surface area (Å²) in [6.45, 7) is 7.08. The zero-order valence-electron chi connectivity index (χ0n) is 17.6. The number of methoxy groups -OCH3 is 1. The standard InChI is InChI=1S/C20H25N3O4.CH2O2/c1-11(2)5-6-23-20-18(12(3)22-23)14(9-17(24)21-20)13-7-15(25-4)19-16(8-13)26-10-27-19;2-1-3/h7-8,11,14H,5-6,9-10H2,1-4H3,(H,21,24);1H,(H,2,3). The van der Waals surface area contributed by atoms with E-state index in [1.54, 1.807) is 7.11 Å². The Balaban J connectivity index is 0.000000806. The van der Waals surface area contributed by atoms with Gasteiger partial charge in [-0.15, -0.1) is 0 Å². The van der Waals surface area contributed by atoms with Crippen LogP contribution in [0.4, 0.5) is 5.82 Å². The topological polar surface area (TPSA) is 112 Å². The van der Waals surface area contributed by atoms with Crippen molar-refractivity contribution in [2.75, 3.05) is 19.2 Å². The summed E-state index contributed by atoms with van der Waals surface area (Å²) in [5, 5.41) is 14.6. The van der Waals surface area contributed by atoms with Gasteiger partial charge in [0.1, 0.15) is 5.82 Å². The molecule has 2 N–H and O–H groups in total. The van der Waals surface area contributed by atoms with Crippen molar-refractivity contribution in [3.8, 4) is 17.2 Å². The van der Waals surface area contributed by atoms with Crippen molar-refractivity contribution in [3.63, 3.8) is 0 Å². The second-order valence-corrected chi connectivity index (χ2v) is 7.62. The molecule has 9 heteroatoms. The van der Waals surface area contributed by atoms with Crippen molar-refractivity contribution < 1.29 is 28.9 Å². The number of aromatic nitrogens is 2. The molecule has 0 fully saturated rings. The van der Waals surface area contributed by atoms with E-state index in [-0.39, 0.29) is 25.1 Å². The van der Waals surface area contributed by atoms with Crippen LogP contribution in [0.5, 0.6) is 17.2 Å². The van der Waals surface area contributed by atoms with Gasteiger partial charge in [0.2, 0.25) is 18.4 Å². The average Bonchev–Trinajstić information content (AvgIpc) is 3.30. The first-order valence-corrected chi connectivity index (χ1v) is 9.82. The second-order valence-electron chi connectivity index (χ2n) is 7.62. The van der Waals surface area contributed by atoms with Gasteiger partial charge in [0.15, 0.2) is 11.5 Å². The second kappa shape index (κ2) is 9.06. The number of aryl methyl sites for hydroxylation is 2. The van der Waals surface area contributed by atoms with E-state index in [1.165, 1.54) is 0 Å². The van der Waals surface area contributed by atoms with Gasteiger partial charge < -0.3 is 24.6 Å². The van der Waals surface area contributed by atoms with E-state index >= 15 is 0 Å². The predicted molar refractivity (Wildman–Crippen MR) is 109 cm³/mol. The number of ether oxygens (including phenoxy) is 3. The minimum Gasteiger partial charge on any atom is -0.493 e. The maximum absolute atomic E-state index is 12.5. The third-order valence-electron chi connectivity index (χ3n) is 5.17. The molecule has 4 rings (SSSR count). The Labute approximate surface area is 174 Å². The Morgan fingerprint density at radius 2 is 2.13 bits per heavy atom. The van der Waals surface area contributed by atoms with Gasteiger partial charge in [0.05, 0.1) is 12.8 Å². The fraction of sp³-hybridized carbons (Fsp3) is 0.476. The summed E-state index contributed by atoms with van der Waals surface area (Å²) < 4.78 is 18.5. The molecule has 2 aliphatic heterocycles. The van der Waals surface area contributed by atoms with Gasteiger partial charge in [-0.25, -0.2) is 4.68 Å². The Hall–Kier alpha value is -3.23. The molecule has 1 amide bonds. The van der Waals surface area contributed by atoms with Crippen LogP contribution in [-0.2, 0) is 16.1 Å². The number of amides is 1. The van der Waals surface area contributed by atoms with Crippen molar-refractivity contribution >= 4 is 18.2 Å². The van der Waals surface area contributed by atoms with Gasteiger partial charge >= 0.3 is 0 Å². The third-order valence-corrected chi connectivity index (χ3v) is 5.17. The highest BCUT2D eigenvalue weighted by molar-refractivity contribution is 5.94. The van der Waals surface area contributed by atoms with Gasteiger partial charge in [0.25, 0.3) is 6.47 Å². The van der Waals surface area contributed by atoms with Gasteiger partial charge in [-0.3, -0.25) is 9.59 Å². The molecule has 1 aromatic heterocycles. The predicted octanol–water partition coefficient (Wildman–Crippen LogP) is 3.15. The molecule has 1 unspecified atom stereocenters. The van der Waals surface area contributed by atoms with E-state index < -0.39 is 0 Å². The van der Waals surface area contributed by atoms with Crippen molar-refractivity contribution in [2.24, 2.45) is 5.92 Å². The SMILES string of the molecule is COc1cc(C2CC(=O)Nc3c2c(C)nn3CCC(C)C)cc2c1OCO2.O=CO. The molecule has 30 heavy (non-hydrogen) atoms. The summed E-state index contributed by atoms with van der Waals surface area (Å²) in [4.78, 5) is 20.8. The summed E-state index contributed by atoms with van der Waals surface area (Å²) >= 11 is 0. The lowest BCUT2D eigenvalue weighted by molar-refractivity contribution is -0.123. The molecule has 1 atom stereocenters. The molecule has 1 aromatic carbocycles. The third kappa shape index (κ3) is 4.19. The smallest absolute Gasteiger partial charge is 0.290 e. The van der Waals surface area contributed by atoms with Gasteiger partial charge in [0, 0.05) is 24.4 Å². The maximum atomic E-state index is 12.5. The van der Waals surface area contributed by atoms with Crippen molar-refractivity contribution in [1.29, 1.82) is 0 Å². The Kier molecular flexibility index (Phi) is 6.49. The van der Waals surface area contributed by atoms with Crippen LogP contribution in [0.2, 0.25) is 0 Å². The highest BCUT2D eigenvalue weighted by Crippen LogP contribution is 2.47. The molecule has 0 radical (unpaired) electrons. The highest BCUT2D eigenvalue weighted by atomic mass is 16.7. The first kappa shape index (κ1) is 21.5. The van der Waals surface area contributed by atoms with Crippen LogP contribution in [0.3, 0.4) is 0 Å². The number of carbonyl (C=O) groups excluding carboxylic acids is 1. The maximum Gasteiger partial charge on any atom is 0.290 e. The minimum absolute atomic E-state index is 0.00479. The summed E-state index contributed by atoms with van der Waals surface area (Å²) in [5.41, 5.74) is 2.98. The zero-order valence-corrected chi connectivity index (χ0v) is 17.6. The van der Waals surface area contributed by atoms with Crippen LogP contribution in [0.1, 0.15) is 49.4 Å². The number of carboxylic acid groups (broad SMARTS) is 1. The summed E-state index contributed by atoms with van der Waals surface area (Å²) in [5.74, 6) is 3.18. The van der Waals surface area contributed by atoms with Gasteiger partial charge in [-0.1, -0.05) is 13.8 Å². The summed E-state index contributed by atoms with van der Waals surface area (Å²) in [6.07, 6.45) is 1.37. The number of rotatable bonds is 5. The van der Waals surface area contributed by atoms with E-state index in [1.807, 2.05) is 23.7 Å². The van der Waals surface area contributed by atoms with Gasteiger partial charge in [-0.2, -0.15) is 5.10 Å². The van der Waals surface area contributed by atoms with Crippen LogP contribution in [0.15, 0.2) is 12.1 Å². The molecule has 2 aliphatic rings. The van der Waals surface area contributed by atoms with E-state index in [4.69, 9.17) is 29.2 Å². The molecule has 0 saturated heterocycles. The number of fused-ring (bicyclic) bond motifs is 2. The molecule has 0 saturated carbocycles. The number of benzene rings is 1. The van der Waals surface area contributed by atoms with Crippen LogP contribution in [-0.4, -0.2) is 41.2 Å². The largest absolute Gasteiger partial charge is 0.493 e. The molecule has 3 heterocycles. The number of hydrogen-bond donors (Lipinski definition) is 2. The lowest BCUT2D eigenvalue weighted by Gasteiger charge is -2.25. The lowest BCUT2D eigenvalue weighted by atomic mass is 9.85. The molecule has 162 valence electrons. The monoisotopic (exact) mass is 417 g/mol. The van der Waals surface area contributed by atoms with Crippen molar-refractivity contribution in [2.45, 2.75) is 46.1 Å². The van der Waals surface area contributed by atoms with Crippen LogP contribution in [0, 0.1) is 12.8 Å².